The SMILES string of the molecule is Cc1cccc(NC2=C(C=N)C(NC(=O)C(=N)C3=C(O)CCCC3)CCC2)c1C. The second-order valence-corrected chi connectivity index (χ2v) is 7.88. The minimum Gasteiger partial charge on any atom is -0.512 e. The van der Waals surface area contributed by atoms with E-state index in [1.54, 1.807) is 0 Å². The predicted molar refractivity (Wildman–Crippen MR) is 117 cm³/mol. The lowest BCUT2D eigenvalue weighted by Gasteiger charge is -2.29. The molecule has 29 heavy (non-hydrogen) atoms. The number of hydrogen-bond donors (Lipinski definition) is 5. The summed E-state index contributed by atoms with van der Waals surface area (Å²) in [4.78, 5) is 12.7. The summed E-state index contributed by atoms with van der Waals surface area (Å²) in [6.07, 6.45) is 6.60. The number of carbonyl (C=O) groups is 1. The first-order chi connectivity index (χ1) is 13.9. The van der Waals surface area contributed by atoms with E-state index < -0.39 is 5.91 Å². The number of carbonyl (C=O) groups excluding carboxylic acids is 1. The number of nitrogens with one attached hydrogen (secondary N) is 4. The molecule has 0 saturated heterocycles. The minimum atomic E-state index is -0.481. The average Bonchev–Trinajstić information content (AvgIpc) is 2.71. The monoisotopic (exact) mass is 394 g/mol. The number of amides is 1. The van der Waals surface area contributed by atoms with E-state index in [1.807, 2.05) is 12.1 Å². The van der Waals surface area contributed by atoms with Gasteiger partial charge in [0, 0.05) is 35.2 Å². The highest BCUT2D eigenvalue weighted by Gasteiger charge is 2.27. The molecule has 0 bridgehead atoms. The molecule has 0 radical (unpaired) electrons. The normalized spacial score (nSPS) is 19.7. The van der Waals surface area contributed by atoms with Crippen LogP contribution < -0.4 is 10.6 Å². The Balaban J connectivity index is 1.79. The van der Waals surface area contributed by atoms with Crippen molar-refractivity contribution in [3.8, 4) is 0 Å². The van der Waals surface area contributed by atoms with Crippen LogP contribution in [-0.2, 0) is 4.79 Å². The Morgan fingerprint density at radius 2 is 1.93 bits per heavy atom. The lowest BCUT2D eigenvalue weighted by Crippen LogP contribution is -2.43. The number of aliphatic hydroxyl groups excluding tert-OH is 1. The molecule has 1 aromatic rings. The van der Waals surface area contributed by atoms with E-state index in [2.05, 4.69) is 30.5 Å². The summed E-state index contributed by atoms with van der Waals surface area (Å²) in [6.45, 7) is 4.13. The average molecular weight is 395 g/mol. The third-order valence-electron chi connectivity index (χ3n) is 5.96. The van der Waals surface area contributed by atoms with E-state index in [4.69, 9.17) is 10.8 Å². The van der Waals surface area contributed by atoms with Crippen LogP contribution in [0.2, 0.25) is 0 Å². The molecule has 0 heterocycles. The Labute approximate surface area is 172 Å². The summed E-state index contributed by atoms with van der Waals surface area (Å²) in [5.41, 5.74) is 5.37. The molecule has 2 aliphatic rings. The zero-order chi connectivity index (χ0) is 21.0. The van der Waals surface area contributed by atoms with E-state index >= 15 is 0 Å². The molecular formula is C23H30N4O2. The summed E-state index contributed by atoms with van der Waals surface area (Å²) in [7, 11) is 0. The summed E-state index contributed by atoms with van der Waals surface area (Å²) >= 11 is 0. The molecule has 1 aromatic carbocycles. The van der Waals surface area contributed by atoms with Gasteiger partial charge in [0.1, 0.15) is 5.71 Å². The van der Waals surface area contributed by atoms with Gasteiger partial charge in [0.05, 0.1) is 11.8 Å². The predicted octanol–water partition coefficient (Wildman–Crippen LogP) is 4.69. The fourth-order valence-corrected chi connectivity index (χ4v) is 4.04. The molecule has 5 N–H and O–H groups in total. The van der Waals surface area contributed by atoms with Crippen LogP contribution in [0.25, 0.3) is 0 Å². The van der Waals surface area contributed by atoms with Crippen LogP contribution in [0.4, 0.5) is 5.69 Å². The maximum Gasteiger partial charge on any atom is 0.270 e. The molecule has 1 unspecified atom stereocenters. The Morgan fingerprint density at radius 1 is 1.17 bits per heavy atom. The number of benzene rings is 1. The summed E-state index contributed by atoms with van der Waals surface area (Å²) in [5.74, 6) is -0.314. The maximum atomic E-state index is 12.7. The molecule has 2 aliphatic carbocycles. The fourth-order valence-electron chi connectivity index (χ4n) is 4.04. The van der Waals surface area contributed by atoms with Gasteiger partial charge < -0.3 is 21.1 Å². The molecule has 154 valence electrons. The Morgan fingerprint density at radius 3 is 2.66 bits per heavy atom. The molecule has 1 atom stereocenters. The number of rotatable bonds is 6. The quantitative estimate of drug-likeness (QED) is 0.451. The van der Waals surface area contributed by atoms with Gasteiger partial charge in [-0.15, -0.1) is 0 Å². The Kier molecular flexibility index (Phi) is 6.52. The molecule has 0 fully saturated rings. The zero-order valence-corrected chi connectivity index (χ0v) is 17.2. The van der Waals surface area contributed by atoms with Crippen LogP contribution in [0, 0.1) is 24.7 Å². The molecule has 0 spiro atoms. The molecule has 6 heteroatoms. The van der Waals surface area contributed by atoms with Crippen molar-refractivity contribution in [1.29, 1.82) is 10.8 Å². The van der Waals surface area contributed by atoms with Gasteiger partial charge in [-0.3, -0.25) is 10.2 Å². The van der Waals surface area contributed by atoms with Crippen LogP contribution in [-0.4, -0.2) is 29.0 Å². The lowest BCUT2D eigenvalue weighted by atomic mass is 9.90. The van der Waals surface area contributed by atoms with Gasteiger partial charge in [-0.25, -0.2) is 0 Å². The van der Waals surface area contributed by atoms with Crippen LogP contribution in [0.5, 0.6) is 0 Å². The van der Waals surface area contributed by atoms with Crippen molar-refractivity contribution in [2.75, 3.05) is 5.32 Å². The van der Waals surface area contributed by atoms with Gasteiger partial charge in [-0.1, -0.05) is 12.1 Å². The number of hydrogen-bond acceptors (Lipinski definition) is 5. The lowest BCUT2D eigenvalue weighted by molar-refractivity contribution is -0.115. The molecular weight excluding hydrogens is 364 g/mol. The van der Waals surface area contributed by atoms with Crippen LogP contribution in [0.15, 0.2) is 40.8 Å². The standard InChI is InChI=1S/C23H30N4O2/c1-14-7-5-9-18(15(14)2)26-19-10-6-11-20(17(19)13-24)27-23(29)22(25)16-8-3-4-12-21(16)28/h5,7,9,13,20,24-26,28H,3-4,6,8,10-12H2,1-2H3,(H,27,29). The van der Waals surface area contributed by atoms with Gasteiger partial charge in [-0.05, 0) is 69.6 Å². The van der Waals surface area contributed by atoms with Crippen molar-refractivity contribution < 1.29 is 9.90 Å². The first-order valence-corrected chi connectivity index (χ1v) is 10.3. The first kappa shape index (κ1) is 20.8. The largest absolute Gasteiger partial charge is 0.512 e. The highest BCUT2D eigenvalue weighted by molar-refractivity contribution is 6.44. The van der Waals surface area contributed by atoms with E-state index in [0.717, 1.165) is 54.6 Å². The molecule has 0 aliphatic heterocycles. The van der Waals surface area contributed by atoms with Gasteiger partial charge in [-0.2, -0.15) is 0 Å². The highest BCUT2D eigenvalue weighted by atomic mass is 16.3. The third-order valence-corrected chi connectivity index (χ3v) is 5.96. The summed E-state index contributed by atoms with van der Waals surface area (Å²) in [6, 6.07) is 5.78. The number of aliphatic hydroxyl groups is 1. The van der Waals surface area contributed by atoms with Crippen molar-refractivity contribution >= 4 is 23.5 Å². The van der Waals surface area contributed by atoms with E-state index in [9.17, 15) is 9.90 Å². The van der Waals surface area contributed by atoms with Crippen LogP contribution in [0.3, 0.4) is 0 Å². The van der Waals surface area contributed by atoms with Crippen molar-refractivity contribution in [2.24, 2.45) is 0 Å². The molecule has 1 amide bonds. The van der Waals surface area contributed by atoms with Gasteiger partial charge >= 0.3 is 0 Å². The maximum absolute atomic E-state index is 12.7. The highest BCUT2D eigenvalue weighted by Crippen LogP contribution is 2.28. The minimum absolute atomic E-state index is 0.152. The Bertz CT molecular complexity index is 898. The smallest absolute Gasteiger partial charge is 0.270 e. The van der Waals surface area contributed by atoms with Gasteiger partial charge in [0.25, 0.3) is 5.91 Å². The van der Waals surface area contributed by atoms with E-state index in [0.29, 0.717) is 18.4 Å². The fraction of sp³-hybridized carbons (Fsp3) is 0.435. The number of allylic oxidation sites excluding steroid dienone is 2. The van der Waals surface area contributed by atoms with Crippen molar-refractivity contribution in [3.63, 3.8) is 0 Å². The zero-order valence-electron chi connectivity index (χ0n) is 17.2. The van der Waals surface area contributed by atoms with Gasteiger partial charge in [0.2, 0.25) is 0 Å². The summed E-state index contributed by atoms with van der Waals surface area (Å²) < 4.78 is 0. The third kappa shape index (κ3) is 4.58. The van der Waals surface area contributed by atoms with Crippen molar-refractivity contribution in [3.05, 3.63) is 51.9 Å². The van der Waals surface area contributed by atoms with Crippen LogP contribution >= 0.6 is 0 Å². The number of anilines is 1. The van der Waals surface area contributed by atoms with E-state index in [-0.39, 0.29) is 17.5 Å². The Hall–Kier alpha value is -2.89. The molecule has 0 saturated carbocycles. The second-order valence-electron chi connectivity index (χ2n) is 7.88. The van der Waals surface area contributed by atoms with Crippen molar-refractivity contribution in [2.45, 2.75) is 64.8 Å². The topological polar surface area (TPSA) is 109 Å². The van der Waals surface area contributed by atoms with E-state index in [1.165, 1.54) is 11.8 Å². The van der Waals surface area contributed by atoms with Crippen molar-refractivity contribution in [1.82, 2.24) is 5.32 Å². The molecule has 3 rings (SSSR count). The summed E-state index contributed by atoms with van der Waals surface area (Å²) in [5, 5.41) is 32.6. The second kappa shape index (κ2) is 9.07. The van der Waals surface area contributed by atoms with Crippen LogP contribution in [0.1, 0.15) is 56.1 Å². The molecule has 0 aromatic heterocycles. The van der Waals surface area contributed by atoms with Gasteiger partial charge in [0.15, 0.2) is 0 Å². The first-order valence-electron chi connectivity index (χ1n) is 10.3. The number of aryl methyl sites for hydroxylation is 1. The molecule has 6 nitrogen and oxygen atoms in total.